The van der Waals surface area contributed by atoms with E-state index in [1.165, 1.54) is 5.56 Å². The molecule has 1 aliphatic rings. The quantitative estimate of drug-likeness (QED) is 0.818. The Kier molecular flexibility index (Phi) is 5.61. The molecule has 0 bridgehead atoms. The Balaban J connectivity index is 1.52. The number of rotatable bonds is 6. The molecule has 0 spiro atoms. The van der Waals surface area contributed by atoms with Crippen molar-refractivity contribution >= 4 is 15.8 Å². The second-order valence-electron chi connectivity index (χ2n) is 6.86. The van der Waals surface area contributed by atoms with Crippen LogP contribution in [0.15, 0.2) is 64.5 Å². The third-order valence-electron chi connectivity index (χ3n) is 4.37. The van der Waals surface area contributed by atoms with Crippen LogP contribution in [0.3, 0.4) is 0 Å². The molecule has 0 saturated heterocycles. The second-order valence-corrected chi connectivity index (χ2v) is 8.89. The van der Waals surface area contributed by atoms with Crippen molar-refractivity contribution < 1.29 is 8.42 Å². The van der Waals surface area contributed by atoms with Gasteiger partial charge >= 0.3 is 0 Å². The highest BCUT2D eigenvalue weighted by atomic mass is 32.2. The molecule has 0 radical (unpaired) electrons. The van der Waals surface area contributed by atoms with Gasteiger partial charge in [-0.3, -0.25) is 4.99 Å². The molecule has 2 aromatic rings. The zero-order valence-corrected chi connectivity index (χ0v) is 16.0. The van der Waals surface area contributed by atoms with Crippen molar-refractivity contribution in [2.45, 2.75) is 37.2 Å². The third-order valence-corrected chi connectivity index (χ3v) is 6.30. The minimum atomic E-state index is -3.33. The summed E-state index contributed by atoms with van der Waals surface area (Å²) in [6.45, 7) is 4.49. The summed E-state index contributed by atoms with van der Waals surface area (Å²) in [5, 5.41) is 6.54. The summed E-state index contributed by atoms with van der Waals surface area (Å²) in [4.78, 5) is 4.83. The summed E-state index contributed by atoms with van der Waals surface area (Å²) < 4.78 is 25.1. The smallest absolute Gasteiger partial charge is 0.191 e. The van der Waals surface area contributed by atoms with Gasteiger partial charge in [-0.05, 0) is 38.0 Å². The lowest BCUT2D eigenvalue weighted by Gasteiger charge is -2.17. The minimum absolute atomic E-state index is 0.0279. The molecule has 6 heteroatoms. The second kappa shape index (κ2) is 7.91. The van der Waals surface area contributed by atoms with Crippen LogP contribution in [0.5, 0.6) is 0 Å². The number of guanidine groups is 1. The van der Waals surface area contributed by atoms with Crippen molar-refractivity contribution in [3.05, 3.63) is 65.7 Å². The van der Waals surface area contributed by atoms with E-state index in [-0.39, 0.29) is 17.8 Å². The zero-order chi connectivity index (χ0) is 18.6. The molecule has 1 aliphatic heterocycles. The van der Waals surface area contributed by atoms with E-state index in [1.54, 1.807) is 12.1 Å². The number of hydrogen-bond acceptors (Lipinski definition) is 5. The summed E-state index contributed by atoms with van der Waals surface area (Å²) in [5.74, 6) is 0.706. The number of aryl methyl sites for hydroxylation is 1. The Bertz CT molecular complexity index is 862. The maximum atomic E-state index is 12.5. The molecular weight excluding hydrogens is 346 g/mol. The summed E-state index contributed by atoms with van der Waals surface area (Å²) in [6, 6.07) is 17.2. The number of nitrogens with one attached hydrogen (secondary N) is 2. The molecule has 0 aliphatic carbocycles. The third kappa shape index (κ3) is 4.85. The van der Waals surface area contributed by atoms with E-state index in [2.05, 4.69) is 27.8 Å². The van der Waals surface area contributed by atoms with Crippen LogP contribution in [-0.4, -0.2) is 38.8 Å². The molecule has 0 aromatic heterocycles. The van der Waals surface area contributed by atoms with Gasteiger partial charge in [0.1, 0.15) is 0 Å². The van der Waals surface area contributed by atoms with E-state index in [4.69, 9.17) is 0 Å². The lowest BCUT2D eigenvalue weighted by Crippen LogP contribution is -2.45. The highest BCUT2D eigenvalue weighted by Crippen LogP contribution is 2.13. The topological polar surface area (TPSA) is 70.6 Å². The van der Waals surface area contributed by atoms with E-state index < -0.39 is 9.84 Å². The standard InChI is InChI=1S/C20H25N3O2S/c1-15-8-10-19(11-9-15)26(24,25)14-16(2)22-20-21-13-18(23-20)12-17-6-4-3-5-7-17/h3-11,16,18H,12-14H2,1-2H3,(H2,21,22,23). The molecule has 1 heterocycles. The Morgan fingerprint density at radius 1 is 1.15 bits per heavy atom. The van der Waals surface area contributed by atoms with Gasteiger partial charge in [0, 0.05) is 6.04 Å². The number of benzene rings is 2. The van der Waals surface area contributed by atoms with E-state index in [9.17, 15) is 8.42 Å². The number of hydrogen-bond donors (Lipinski definition) is 2. The summed E-state index contributed by atoms with van der Waals surface area (Å²) in [7, 11) is -3.33. The lowest BCUT2D eigenvalue weighted by atomic mass is 10.1. The normalized spacial score (nSPS) is 18.1. The maximum Gasteiger partial charge on any atom is 0.191 e. The predicted octanol–water partition coefficient (Wildman–Crippen LogP) is 2.32. The lowest BCUT2D eigenvalue weighted by molar-refractivity contribution is 0.583. The van der Waals surface area contributed by atoms with Crippen molar-refractivity contribution in [2.75, 3.05) is 12.3 Å². The van der Waals surface area contributed by atoms with E-state index in [1.807, 2.05) is 44.2 Å². The van der Waals surface area contributed by atoms with Crippen LogP contribution in [0.25, 0.3) is 0 Å². The fourth-order valence-electron chi connectivity index (χ4n) is 3.03. The summed E-state index contributed by atoms with van der Waals surface area (Å²) in [6.07, 6.45) is 0.894. The first-order chi connectivity index (χ1) is 12.4. The SMILES string of the molecule is Cc1ccc(S(=O)(=O)CC(C)NC2=NCC(Cc3ccccc3)N2)cc1. The highest BCUT2D eigenvalue weighted by molar-refractivity contribution is 7.91. The van der Waals surface area contributed by atoms with Gasteiger partial charge in [0.05, 0.1) is 23.2 Å². The molecule has 0 saturated carbocycles. The number of nitrogens with zero attached hydrogens (tertiary/aromatic N) is 1. The van der Waals surface area contributed by atoms with Crippen LogP contribution in [-0.2, 0) is 16.3 Å². The van der Waals surface area contributed by atoms with Gasteiger partial charge in [0.15, 0.2) is 15.8 Å². The highest BCUT2D eigenvalue weighted by Gasteiger charge is 2.22. The number of aliphatic imine (C=N–C) groups is 1. The van der Waals surface area contributed by atoms with Gasteiger partial charge in [-0.2, -0.15) is 0 Å². The Morgan fingerprint density at radius 3 is 2.54 bits per heavy atom. The van der Waals surface area contributed by atoms with E-state index in [0.717, 1.165) is 12.0 Å². The fraction of sp³-hybridized carbons (Fsp3) is 0.350. The molecule has 5 nitrogen and oxygen atoms in total. The Hall–Kier alpha value is -2.34. The van der Waals surface area contributed by atoms with Gasteiger partial charge in [-0.15, -0.1) is 0 Å². The van der Waals surface area contributed by atoms with Crippen molar-refractivity contribution in [2.24, 2.45) is 4.99 Å². The average molecular weight is 372 g/mol. The van der Waals surface area contributed by atoms with Crippen molar-refractivity contribution in [1.82, 2.24) is 10.6 Å². The van der Waals surface area contributed by atoms with E-state index in [0.29, 0.717) is 17.4 Å². The minimum Gasteiger partial charge on any atom is -0.353 e. The van der Waals surface area contributed by atoms with Crippen LogP contribution in [0.4, 0.5) is 0 Å². The molecule has 0 fully saturated rings. The van der Waals surface area contributed by atoms with Crippen molar-refractivity contribution in [3.8, 4) is 0 Å². The predicted molar refractivity (Wildman–Crippen MR) is 105 cm³/mol. The Labute approximate surface area is 155 Å². The first kappa shape index (κ1) is 18.5. The van der Waals surface area contributed by atoms with Crippen molar-refractivity contribution in [3.63, 3.8) is 0 Å². The van der Waals surface area contributed by atoms with Gasteiger partial charge in [0.2, 0.25) is 0 Å². The van der Waals surface area contributed by atoms with E-state index >= 15 is 0 Å². The molecule has 3 rings (SSSR count). The molecule has 0 amide bonds. The molecular formula is C20H25N3O2S. The van der Waals surface area contributed by atoms with Crippen LogP contribution in [0.1, 0.15) is 18.1 Å². The first-order valence-electron chi connectivity index (χ1n) is 8.83. The van der Waals surface area contributed by atoms with Crippen LogP contribution in [0, 0.1) is 6.92 Å². The summed E-state index contributed by atoms with van der Waals surface area (Å²) >= 11 is 0. The van der Waals surface area contributed by atoms with Crippen LogP contribution < -0.4 is 10.6 Å². The maximum absolute atomic E-state index is 12.5. The van der Waals surface area contributed by atoms with Gasteiger partial charge in [0.25, 0.3) is 0 Å². The fourth-order valence-corrected chi connectivity index (χ4v) is 4.52. The molecule has 2 N–H and O–H groups in total. The van der Waals surface area contributed by atoms with Crippen LogP contribution in [0.2, 0.25) is 0 Å². The molecule has 2 aromatic carbocycles. The first-order valence-corrected chi connectivity index (χ1v) is 10.5. The van der Waals surface area contributed by atoms with Gasteiger partial charge in [-0.1, -0.05) is 48.0 Å². The molecule has 138 valence electrons. The summed E-state index contributed by atoms with van der Waals surface area (Å²) in [5.41, 5.74) is 2.31. The molecule has 2 atom stereocenters. The number of sulfone groups is 1. The molecule has 26 heavy (non-hydrogen) atoms. The monoisotopic (exact) mass is 371 g/mol. The largest absolute Gasteiger partial charge is 0.353 e. The van der Waals surface area contributed by atoms with Gasteiger partial charge < -0.3 is 10.6 Å². The van der Waals surface area contributed by atoms with Gasteiger partial charge in [-0.25, -0.2) is 8.42 Å². The van der Waals surface area contributed by atoms with Crippen molar-refractivity contribution in [1.29, 1.82) is 0 Å². The van der Waals surface area contributed by atoms with Crippen LogP contribution >= 0.6 is 0 Å². The molecule has 2 unspecified atom stereocenters. The average Bonchev–Trinajstić information content (AvgIpc) is 3.02. The zero-order valence-electron chi connectivity index (χ0n) is 15.1. The Morgan fingerprint density at radius 2 is 1.85 bits per heavy atom.